The second-order valence-corrected chi connectivity index (χ2v) is 6.42. The van der Waals surface area contributed by atoms with Crippen LogP contribution in [0.25, 0.3) is 0 Å². The highest BCUT2D eigenvalue weighted by Gasteiger charge is 2.21. The van der Waals surface area contributed by atoms with Crippen molar-refractivity contribution in [1.29, 1.82) is 0 Å². The molecule has 2 rings (SSSR count). The van der Waals surface area contributed by atoms with E-state index in [1.165, 1.54) is 30.5 Å². The van der Waals surface area contributed by atoms with Crippen LogP contribution in [0.3, 0.4) is 0 Å². The van der Waals surface area contributed by atoms with Crippen molar-refractivity contribution >= 4 is 17.3 Å². The van der Waals surface area contributed by atoms with Gasteiger partial charge in [0, 0.05) is 36.4 Å². The first kappa shape index (κ1) is 15.7. The van der Waals surface area contributed by atoms with E-state index in [-0.39, 0.29) is 0 Å². The molecular weight excluding hydrogens is 268 g/mol. The fourth-order valence-electron chi connectivity index (χ4n) is 2.43. The molecule has 0 heterocycles. The SMILES string of the molecule is CCC(C)CN(CC)c1cc(Cl)ccc1CNC1CC1. The van der Waals surface area contributed by atoms with Gasteiger partial charge >= 0.3 is 0 Å². The van der Waals surface area contributed by atoms with Gasteiger partial charge in [0.2, 0.25) is 0 Å². The Hall–Kier alpha value is -0.730. The van der Waals surface area contributed by atoms with Gasteiger partial charge in [-0.2, -0.15) is 0 Å². The first-order valence-corrected chi connectivity index (χ1v) is 8.28. The Morgan fingerprint density at radius 3 is 2.70 bits per heavy atom. The third-order valence-corrected chi connectivity index (χ3v) is 4.39. The average Bonchev–Trinajstić information content (AvgIpc) is 3.27. The van der Waals surface area contributed by atoms with Gasteiger partial charge in [0.1, 0.15) is 0 Å². The summed E-state index contributed by atoms with van der Waals surface area (Å²) in [6.07, 6.45) is 3.87. The molecule has 0 saturated heterocycles. The van der Waals surface area contributed by atoms with Crippen molar-refractivity contribution in [2.45, 2.75) is 52.6 Å². The highest BCUT2D eigenvalue weighted by Crippen LogP contribution is 2.27. The predicted molar refractivity (Wildman–Crippen MR) is 88.7 cm³/mol. The van der Waals surface area contributed by atoms with Gasteiger partial charge in [0.15, 0.2) is 0 Å². The Bertz CT molecular complexity index is 429. The molecule has 2 nitrogen and oxygen atoms in total. The standard InChI is InChI=1S/C17H27ClN2/c1-4-13(3)12-20(5-2)17-10-15(18)7-6-14(17)11-19-16-8-9-16/h6-7,10,13,16,19H,4-5,8-9,11-12H2,1-3H3. The average molecular weight is 295 g/mol. The molecule has 1 aliphatic rings. The predicted octanol–water partition coefficient (Wildman–Crippen LogP) is 4.46. The maximum atomic E-state index is 6.22. The second kappa shape index (κ2) is 7.33. The molecule has 1 aromatic rings. The summed E-state index contributed by atoms with van der Waals surface area (Å²) in [5.41, 5.74) is 2.67. The molecule has 0 amide bonds. The Morgan fingerprint density at radius 1 is 1.35 bits per heavy atom. The number of rotatable bonds is 8. The molecule has 1 aromatic carbocycles. The lowest BCUT2D eigenvalue weighted by molar-refractivity contribution is 0.546. The normalized spacial score (nSPS) is 16.2. The highest BCUT2D eigenvalue weighted by atomic mass is 35.5. The van der Waals surface area contributed by atoms with Gasteiger partial charge in [-0.05, 0) is 43.4 Å². The molecule has 0 aliphatic heterocycles. The summed E-state index contributed by atoms with van der Waals surface area (Å²) in [5, 5.41) is 4.44. The summed E-state index contributed by atoms with van der Waals surface area (Å²) >= 11 is 6.22. The molecular formula is C17H27ClN2. The fourth-order valence-corrected chi connectivity index (χ4v) is 2.59. The van der Waals surface area contributed by atoms with Crippen molar-refractivity contribution in [3.63, 3.8) is 0 Å². The molecule has 1 aliphatic carbocycles. The number of nitrogens with zero attached hydrogens (tertiary/aromatic N) is 1. The van der Waals surface area contributed by atoms with Crippen LogP contribution in [0.1, 0.15) is 45.6 Å². The number of anilines is 1. The van der Waals surface area contributed by atoms with Gasteiger partial charge in [-0.3, -0.25) is 0 Å². The topological polar surface area (TPSA) is 15.3 Å². The van der Waals surface area contributed by atoms with Gasteiger partial charge in [-0.15, -0.1) is 0 Å². The van der Waals surface area contributed by atoms with Gasteiger partial charge in [0.05, 0.1) is 0 Å². The van der Waals surface area contributed by atoms with Crippen LogP contribution in [0, 0.1) is 5.92 Å². The van der Waals surface area contributed by atoms with Crippen molar-refractivity contribution in [3.05, 3.63) is 28.8 Å². The molecule has 112 valence electrons. The van der Waals surface area contributed by atoms with Gasteiger partial charge in [0.25, 0.3) is 0 Å². The van der Waals surface area contributed by atoms with Crippen LogP contribution < -0.4 is 10.2 Å². The molecule has 1 N–H and O–H groups in total. The van der Waals surface area contributed by atoms with E-state index in [4.69, 9.17) is 11.6 Å². The van der Waals surface area contributed by atoms with E-state index in [2.05, 4.69) is 43.1 Å². The zero-order valence-corrected chi connectivity index (χ0v) is 13.7. The van der Waals surface area contributed by atoms with Crippen LogP contribution in [0.5, 0.6) is 0 Å². The van der Waals surface area contributed by atoms with E-state index in [1.807, 2.05) is 6.07 Å². The highest BCUT2D eigenvalue weighted by molar-refractivity contribution is 6.30. The fraction of sp³-hybridized carbons (Fsp3) is 0.647. The molecule has 3 heteroatoms. The van der Waals surface area contributed by atoms with Crippen LogP contribution in [0.2, 0.25) is 5.02 Å². The minimum absolute atomic E-state index is 0.707. The van der Waals surface area contributed by atoms with Gasteiger partial charge in [-0.1, -0.05) is 37.9 Å². The van der Waals surface area contributed by atoms with Crippen molar-refractivity contribution in [2.75, 3.05) is 18.0 Å². The van der Waals surface area contributed by atoms with Crippen LogP contribution in [0.15, 0.2) is 18.2 Å². The monoisotopic (exact) mass is 294 g/mol. The van der Waals surface area contributed by atoms with Crippen LogP contribution in [0.4, 0.5) is 5.69 Å². The quantitative estimate of drug-likeness (QED) is 0.761. The summed E-state index contributed by atoms with van der Waals surface area (Å²) in [7, 11) is 0. The molecule has 0 aromatic heterocycles. The lowest BCUT2D eigenvalue weighted by atomic mass is 10.1. The van der Waals surface area contributed by atoms with Crippen molar-refractivity contribution in [1.82, 2.24) is 5.32 Å². The minimum Gasteiger partial charge on any atom is -0.371 e. The zero-order valence-electron chi connectivity index (χ0n) is 13.0. The smallest absolute Gasteiger partial charge is 0.0426 e. The summed E-state index contributed by atoms with van der Waals surface area (Å²) in [6.45, 7) is 9.88. The van der Waals surface area contributed by atoms with Crippen molar-refractivity contribution < 1.29 is 0 Å². The summed E-state index contributed by atoms with van der Waals surface area (Å²) in [5.74, 6) is 0.707. The van der Waals surface area contributed by atoms with Crippen LogP contribution in [-0.2, 0) is 6.54 Å². The Morgan fingerprint density at radius 2 is 2.10 bits per heavy atom. The number of halogens is 1. The van der Waals surface area contributed by atoms with Gasteiger partial charge < -0.3 is 10.2 Å². The molecule has 0 bridgehead atoms. The number of hydrogen-bond acceptors (Lipinski definition) is 2. The maximum absolute atomic E-state index is 6.22. The third-order valence-electron chi connectivity index (χ3n) is 4.16. The molecule has 1 unspecified atom stereocenters. The maximum Gasteiger partial charge on any atom is 0.0426 e. The summed E-state index contributed by atoms with van der Waals surface area (Å²) < 4.78 is 0. The van der Waals surface area contributed by atoms with E-state index in [0.29, 0.717) is 5.92 Å². The van der Waals surface area contributed by atoms with Crippen molar-refractivity contribution in [3.8, 4) is 0 Å². The van der Waals surface area contributed by atoms with E-state index in [9.17, 15) is 0 Å². The Balaban J connectivity index is 2.14. The number of nitrogens with one attached hydrogen (secondary N) is 1. The summed E-state index contributed by atoms with van der Waals surface area (Å²) in [4.78, 5) is 2.46. The zero-order chi connectivity index (χ0) is 14.5. The lowest BCUT2D eigenvalue weighted by Crippen LogP contribution is -2.30. The second-order valence-electron chi connectivity index (χ2n) is 5.98. The van der Waals surface area contributed by atoms with Crippen LogP contribution in [-0.4, -0.2) is 19.1 Å². The lowest BCUT2D eigenvalue weighted by Gasteiger charge is -2.28. The number of hydrogen-bond donors (Lipinski definition) is 1. The largest absolute Gasteiger partial charge is 0.371 e. The summed E-state index contributed by atoms with van der Waals surface area (Å²) in [6, 6.07) is 7.04. The number of benzene rings is 1. The first-order valence-electron chi connectivity index (χ1n) is 7.90. The third kappa shape index (κ3) is 4.39. The van der Waals surface area contributed by atoms with E-state index < -0.39 is 0 Å². The molecule has 20 heavy (non-hydrogen) atoms. The van der Waals surface area contributed by atoms with Crippen molar-refractivity contribution in [2.24, 2.45) is 5.92 Å². The van der Waals surface area contributed by atoms with E-state index >= 15 is 0 Å². The molecule has 1 fully saturated rings. The molecule has 0 radical (unpaired) electrons. The van der Waals surface area contributed by atoms with Gasteiger partial charge in [-0.25, -0.2) is 0 Å². The van der Waals surface area contributed by atoms with E-state index in [0.717, 1.165) is 30.7 Å². The Kier molecular flexibility index (Phi) is 5.74. The minimum atomic E-state index is 0.707. The molecule has 0 spiro atoms. The Labute approximate surface area is 128 Å². The first-order chi connectivity index (χ1) is 9.63. The van der Waals surface area contributed by atoms with Crippen LogP contribution >= 0.6 is 11.6 Å². The molecule has 1 saturated carbocycles. The molecule has 1 atom stereocenters. The van der Waals surface area contributed by atoms with E-state index in [1.54, 1.807) is 0 Å².